The third-order valence-corrected chi connectivity index (χ3v) is 6.59. The summed E-state index contributed by atoms with van der Waals surface area (Å²) in [7, 11) is 0. The Labute approximate surface area is 211 Å². The van der Waals surface area contributed by atoms with Crippen molar-refractivity contribution in [2.45, 2.75) is 20.4 Å². The Bertz CT molecular complexity index is 1360. The summed E-state index contributed by atoms with van der Waals surface area (Å²) in [6, 6.07) is 18.5. The Kier molecular flexibility index (Phi) is 6.89. The molecule has 7 heteroatoms. The second-order valence-corrected chi connectivity index (χ2v) is 9.11. The Morgan fingerprint density at radius 3 is 2.39 bits per heavy atom. The van der Waals surface area contributed by atoms with Crippen molar-refractivity contribution in [2.24, 2.45) is 0 Å². The van der Waals surface area contributed by atoms with Crippen LogP contribution in [-0.4, -0.2) is 56.7 Å². The molecule has 2 aromatic heterocycles. The van der Waals surface area contributed by atoms with Gasteiger partial charge in [0.15, 0.2) is 0 Å². The van der Waals surface area contributed by atoms with E-state index in [0.29, 0.717) is 38.7 Å². The van der Waals surface area contributed by atoms with Crippen LogP contribution in [0, 0.1) is 13.8 Å². The summed E-state index contributed by atoms with van der Waals surface area (Å²) >= 11 is 0. The van der Waals surface area contributed by atoms with Crippen LogP contribution in [0.15, 0.2) is 79.3 Å². The molecule has 1 aliphatic heterocycles. The number of nitrogens with zero attached hydrogens (tertiary/aromatic N) is 6. The zero-order valence-electron chi connectivity index (χ0n) is 20.7. The summed E-state index contributed by atoms with van der Waals surface area (Å²) in [5.41, 5.74) is 6.50. The fraction of sp³-hybridized carbons (Fsp3) is 0.241. The fourth-order valence-electron chi connectivity index (χ4n) is 4.37. The van der Waals surface area contributed by atoms with E-state index in [-0.39, 0.29) is 5.91 Å². The van der Waals surface area contributed by atoms with Crippen LogP contribution in [0.25, 0.3) is 17.3 Å². The molecule has 36 heavy (non-hydrogen) atoms. The van der Waals surface area contributed by atoms with E-state index < -0.39 is 0 Å². The number of amides is 1. The maximum absolute atomic E-state index is 13.0. The van der Waals surface area contributed by atoms with Crippen molar-refractivity contribution in [1.29, 1.82) is 0 Å². The first-order valence-corrected chi connectivity index (χ1v) is 12.2. The fourth-order valence-corrected chi connectivity index (χ4v) is 4.37. The van der Waals surface area contributed by atoms with Gasteiger partial charge in [-0.1, -0.05) is 42.5 Å². The van der Waals surface area contributed by atoms with Gasteiger partial charge in [-0.3, -0.25) is 9.48 Å². The highest BCUT2D eigenvalue weighted by Crippen LogP contribution is 2.26. The molecule has 5 rings (SSSR count). The largest absolute Gasteiger partial charge is 0.337 e. The zero-order valence-corrected chi connectivity index (χ0v) is 20.7. The van der Waals surface area contributed by atoms with E-state index in [1.807, 2.05) is 46.1 Å². The number of hydrogen-bond acceptors (Lipinski definition) is 5. The number of carbonyl (C=O) groups excluding carboxylic acids is 1. The third kappa shape index (κ3) is 5.35. The minimum Gasteiger partial charge on any atom is -0.337 e. The first-order valence-electron chi connectivity index (χ1n) is 12.2. The standard InChI is InChI=1S/C29H30N6O/c1-22-9-10-25(19-23(22)2)28-26(21-35(32-28)20-24-7-4-3-5-8-24)11-12-27(36)33-15-17-34(18-16-33)29-30-13-6-14-31-29/h3-14,19,21H,15-18,20H2,1-2H3/b12-11+. The molecule has 4 aromatic rings. The summed E-state index contributed by atoms with van der Waals surface area (Å²) < 4.78 is 1.95. The molecule has 0 spiro atoms. The molecule has 7 nitrogen and oxygen atoms in total. The van der Waals surface area contributed by atoms with E-state index in [0.717, 1.165) is 16.8 Å². The first kappa shape index (κ1) is 23.5. The number of aromatic nitrogens is 4. The average Bonchev–Trinajstić information content (AvgIpc) is 3.32. The molecule has 2 aromatic carbocycles. The molecule has 0 atom stereocenters. The Morgan fingerprint density at radius 1 is 0.917 bits per heavy atom. The molecule has 1 aliphatic rings. The highest BCUT2D eigenvalue weighted by molar-refractivity contribution is 5.93. The van der Waals surface area contributed by atoms with Gasteiger partial charge in [-0.15, -0.1) is 0 Å². The van der Waals surface area contributed by atoms with E-state index in [9.17, 15) is 4.79 Å². The topological polar surface area (TPSA) is 67.2 Å². The van der Waals surface area contributed by atoms with Crippen LogP contribution in [0.1, 0.15) is 22.3 Å². The van der Waals surface area contributed by atoms with Gasteiger partial charge in [0.25, 0.3) is 0 Å². The molecular formula is C29H30N6O. The Balaban J connectivity index is 1.34. The lowest BCUT2D eigenvalue weighted by atomic mass is 10.0. The van der Waals surface area contributed by atoms with Gasteiger partial charge in [0, 0.05) is 62.0 Å². The predicted molar refractivity (Wildman–Crippen MR) is 143 cm³/mol. The number of piperazine rings is 1. The van der Waals surface area contributed by atoms with E-state index in [1.165, 1.54) is 16.7 Å². The summed E-state index contributed by atoms with van der Waals surface area (Å²) in [5, 5.41) is 4.90. The maximum atomic E-state index is 13.0. The van der Waals surface area contributed by atoms with Crippen molar-refractivity contribution in [3.05, 3.63) is 102 Å². The van der Waals surface area contributed by atoms with Crippen LogP contribution < -0.4 is 4.90 Å². The normalized spacial score (nSPS) is 13.9. The lowest BCUT2D eigenvalue weighted by Gasteiger charge is -2.34. The number of benzene rings is 2. The van der Waals surface area contributed by atoms with Crippen molar-refractivity contribution >= 4 is 17.9 Å². The summed E-state index contributed by atoms with van der Waals surface area (Å²) in [6.07, 6.45) is 9.07. The molecule has 0 saturated carbocycles. The SMILES string of the molecule is Cc1ccc(-c2nn(Cc3ccccc3)cc2/C=C/C(=O)N2CCN(c3ncccn3)CC2)cc1C. The molecule has 0 N–H and O–H groups in total. The van der Waals surface area contributed by atoms with E-state index in [1.54, 1.807) is 18.5 Å². The third-order valence-electron chi connectivity index (χ3n) is 6.59. The van der Waals surface area contributed by atoms with Gasteiger partial charge in [0.05, 0.1) is 12.2 Å². The van der Waals surface area contributed by atoms with E-state index >= 15 is 0 Å². The molecule has 0 unspecified atom stereocenters. The summed E-state index contributed by atoms with van der Waals surface area (Å²) in [5.74, 6) is 0.717. The van der Waals surface area contributed by atoms with Crippen molar-refractivity contribution in [2.75, 3.05) is 31.1 Å². The Morgan fingerprint density at radius 2 is 1.67 bits per heavy atom. The molecule has 1 saturated heterocycles. The minimum absolute atomic E-state index is 0.00507. The maximum Gasteiger partial charge on any atom is 0.246 e. The molecule has 1 fully saturated rings. The second-order valence-electron chi connectivity index (χ2n) is 9.11. The van der Waals surface area contributed by atoms with Crippen molar-refractivity contribution in [3.8, 4) is 11.3 Å². The van der Waals surface area contributed by atoms with Gasteiger partial charge >= 0.3 is 0 Å². The minimum atomic E-state index is 0.00507. The summed E-state index contributed by atoms with van der Waals surface area (Å²) in [4.78, 5) is 25.6. The zero-order chi connectivity index (χ0) is 24.9. The highest BCUT2D eigenvalue weighted by Gasteiger charge is 2.21. The number of hydrogen-bond donors (Lipinski definition) is 0. The number of rotatable bonds is 6. The van der Waals surface area contributed by atoms with Gasteiger partial charge in [-0.25, -0.2) is 9.97 Å². The number of anilines is 1. The number of carbonyl (C=O) groups is 1. The molecule has 0 aliphatic carbocycles. The van der Waals surface area contributed by atoms with Crippen molar-refractivity contribution in [3.63, 3.8) is 0 Å². The van der Waals surface area contributed by atoms with Gasteiger partial charge in [0.1, 0.15) is 0 Å². The number of aryl methyl sites for hydroxylation is 2. The molecule has 3 heterocycles. The van der Waals surface area contributed by atoms with Gasteiger partial charge in [-0.2, -0.15) is 5.10 Å². The van der Waals surface area contributed by atoms with Crippen molar-refractivity contribution in [1.82, 2.24) is 24.6 Å². The first-order chi connectivity index (χ1) is 17.6. The quantitative estimate of drug-likeness (QED) is 0.385. The average molecular weight is 479 g/mol. The van der Waals surface area contributed by atoms with E-state index in [2.05, 4.69) is 59.0 Å². The van der Waals surface area contributed by atoms with Crippen LogP contribution in [-0.2, 0) is 11.3 Å². The molecule has 0 radical (unpaired) electrons. The van der Waals surface area contributed by atoms with Crippen molar-refractivity contribution < 1.29 is 4.79 Å². The molecule has 1 amide bonds. The van der Waals surface area contributed by atoms with Crippen LogP contribution in [0.3, 0.4) is 0 Å². The molecule has 0 bridgehead atoms. The van der Waals surface area contributed by atoms with Gasteiger partial charge < -0.3 is 9.80 Å². The lowest BCUT2D eigenvalue weighted by Crippen LogP contribution is -2.48. The van der Waals surface area contributed by atoms with E-state index in [4.69, 9.17) is 5.10 Å². The monoisotopic (exact) mass is 478 g/mol. The lowest BCUT2D eigenvalue weighted by molar-refractivity contribution is -0.126. The molecular weight excluding hydrogens is 448 g/mol. The predicted octanol–water partition coefficient (Wildman–Crippen LogP) is 4.37. The van der Waals surface area contributed by atoms with Crippen LogP contribution in [0.2, 0.25) is 0 Å². The molecule has 182 valence electrons. The Hall–Kier alpha value is -4.26. The second kappa shape index (κ2) is 10.6. The van der Waals surface area contributed by atoms with Crippen LogP contribution >= 0.6 is 0 Å². The van der Waals surface area contributed by atoms with Gasteiger partial charge in [-0.05, 0) is 48.7 Å². The smallest absolute Gasteiger partial charge is 0.246 e. The highest BCUT2D eigenvalue weighted by atomic mass is 16.2. The van der Waals surface area contributed by atoms with Crippen LogP contribution in [0.5, 0.6) is 0 Å². The van der Waals surface area contributed by atoms with Gasteiger partial charge in [0.2, 0.25) is 11.9 Å². The van der Waals surface area contributed by atoms with Crippen LogP contribution in [0.4, 0.5) is 5.95 Å². The summed E-state index contributed by atoms with van der Waals surface area (Å²) in [6.45, 7) is 7.59.